The number of urea groups is 1. The Morgan fingerprint density at radius 3 is 1.74 bits per heavy atom. The number of carbonyl (C=O) groups is 4. The fourth-order valence-corrected chi connectivity index (χ4v) is 6.65. The van der Waals surface area contributed by atoms with Crippen molar-refractivity contribution in [3.63, 3.8) is 0 Å². The first-order valence-corrected chi connectivity index (χ1v) is 19.8. The molecule has 0 aliphatic rings. The molecule has 1 aromatic heterocycles. The zero-order chi connectivity index (χ0) is 41.6. The van der Waals surface area contributed by atoms with Gasteiger partial charge >= 0.3 is 6.03 Å². The van der Waals surface area contributed by atoms with Crippen LogP contribution in [0.4, 0.5) is 4.79 Å². The number of benzene rings is 4. The molecule has 0 unspecified atom stereocenters. The van der Waals surface area contributed by atoms with Crippen LogP contribution in [-0.2, 0) is 40.4 Å². The van der Waals surface area contributed by atoms with Crippen molar-refractivity contribution in [2.75, 3.05) is 7.05 Å². The van der Waals surface area contributed by atoms with Gasteiger partial charge in [-0.05, 0) is 47.1 Å². The van der Waals surface area contributed by atoms with Gasteiger partial charge in [0, 0.05) is 20.1 Å². The summed E-state index contributed by atoms with van der Waals surface area (Å²) in [5.74, 6) is -1.52. The van der Waals surface area contributed by atoms with Gasteiger partial charge in [0.15, 0.2) is 0 Å². The number of hydrogen-bond acceptors (Lipinski definition) is 7. The Kier molecular flexibility index (Phi) is 15.5. The molecule has 0 aliphatic carbocycles. The highest BCUT2D eigenvalue weighted by Gasteiger charge is 2.38. The second-order valence-corrected chi connectivity index (χ2v) is 15.3. The summed E-state index contributed by atoms with van der Waals surface area (Å²) < 4.78 is 0. The number of fused-ring (bicyclic) bond motifs is 1. The van der Waals surface area contributed by atoms with Crippen LogP contribution in [0.25, 0.3) is 11.0 Å². The highest BCUT2D eigenvalue weighted by atomic mass is 16.3. The van der Waals surface area contributed by atoms with E-state index in [9.17, 15) is 24.3 Å². The summed E-state index contributed by atoms with van der Waals surface area (Å²) in [6.07, 6.45) is -1.31. The van der Waals surface area contributed by atoms with Crippen molar-refractivity contribution < 1.29 is 24.3 Å². The zero-order valence-electron chi connectivity index (χ0n) is 33.8. The number of rotatable bonds is 19. The number of aliphatic hydroxyl groups excluding tert-OH is 1. The summed E-state index contributed by atoms with van der Waals surface area (Å²) in [7, 11) is 1.62. The van der Waals surface area contributed by atoms with E-state index in [-0.39, 0.29) is 43.8 Å². The Balaban J connectivity index is 1.36. The molecule has 5 amide bonds. The molecule has 0 saturated heterocycles. The Morgan fingerprint density at radius 2 is 1.16 bits per heavy atom. The summed E-state index contributed by atoms with van der Waals surface area (Å²) in [4.78, 5) is 64.7. The molecule has 58 heavy (non-hydrogen) atoms. The summed E-state index contributed by atoms with van der Waals surface area (Å²) >= 11 is 0. The van der Waals surface area contributed by atoms with Crippen LogP contribution in [0, 0.1) is 11.8 Å². The number of imidazole rings is 1. The van der Waals surface area contributed by atoms with Crippen LogP contribution in [0.1, 0.15) is 50.2 Å². The van der Waals surface area contributed by atoms with Gasteiger partial charge in [0.1, 0.15) is 23.9 Å². The fraction of sp³-hybridized carbons (Fsp3) is 0.356. The van der Waals surface area contributed by atoms with E-state index < -0.39 is 48.1 Å². The number of para-hydroxylation sites is 2. The monoisotopic (exact) mass is 788 g/mol. The predicted molar refractivity (Wildman–Crippen MR) is 225 cm³/mol. The number of hydrogen-bond donors (Lipinski definition) is 7. The van der Waals surface area contributed by atoms with Gasteiger partial charge in [-0.15, -0.1) is 0 Å². The number of amides is 5. The third-order valence-electron chi connectivity index (χ3n) is 9.99. The normalized spacial score (nSPS) is 13.9. The lowest BCUT2D eigenvalue weighted by atomic mass is 9.93. The molecule has 4 aromatic carbocycles. The number of carbonyl (C=O) groups excluding carboxylic acids is 4. The van der Waals surface area contributed by atoms with Gasteiger partial charge in [-0.25, -0.2) is 9.78 Å². The average molecular weight is 789 g/mol. The lowest BCUT2D eigenvalue weighted by Gasteiger charge is -2.34. The fourth-order valence-electron chi connectivity index (χ4n) is 6.65. The molecule has 0 saturated carbocycles. The van der Waals surface area contributed by atoms with Crippen LogP contribution in [0.15, 0.2) is 115 Å². The van der Waals surface area contributed by atoms with E-state index in [0.29, 0.717) is 5.82 Å². The Morgan fingerprint density at radius 1 is 0.638 bits per heavy atom. The largest absolute Gasteiger partial charge is 0.389 e. The van der Waals surface area contributed by atoms with Gasteiger partial charge in [0.25, 0.3) is 0 Å². The second kappa shape index (κ2) is 20.9. The predicted octanol–water partition coefficient (Wildman–Crippen LogP) is 4.43. The molecule has 0 fully saturated rings. The highest BCUT2D eigenvalue weighted by molar-refractivity contribution is 5.91. The summed E-state index contributed by atoms with van der Waals surface area (Å²) in [6.45, 7) is 7.99. The lowest BCUT2D eigenvalue weighted by molar-refractivity contribution is -0.134. The molecule has 5 atom stereocenters. The van der Waals surface area contributed by atoms with Crippen molar-refractivity contribution in [1.82, 2.24) is 41.5 Å². The average Bonchev–Trinajstić information content (AvgIpc) is 3.64. The van der Waals surface area contributed by atoms with Crippen LogP contribution in [-0.4, -0.2) is 81.0 Å². The van der Waals surface area contributed by atoms with E-state index in [1.807, 2.05) is 143 Å². The van der Waals surface area contributed by atoms with Crippen molar-refractivity contribution in [2.24, 2.45) is 11.8 Å². The number of aliphatic hydroxyl groups is 1. The number of aromatic amines is 1. The molecule has 0 spiro atoms. The molecule has 5 aromatic rings. The molecule has 7 N–H and O–H groups in total. The van der Waals surface area contributed by atoms with Crippen LogP contribution in [0.3, 0.4) is 0 Å². The van der Waals surface area contributed by atoms with Gasteiger partial charge in [0.2, 0.25) is 17.7 Å². The van der Waals surface area contributed by atoms with E-state index in [2.05, 4.69) is 36.6 Å². The maximum absolute atomic E-state index is 14.3. The third kappa shape index (κ3) is 12.2. The number of H-pyrrole nitrogens is 1. The molecule has 13 heteroatoms. The van der Waals surface area contributed by atoms with Gasteiger partial charge < -0.3 is 36.3 Å². The SMILES string of the molecule is CC(C)[C@H](NC(=O)[C@H](NCc1ccccc1)[C@H](O)[C@H](Cc1ccccc1)NC(=O)[C@@H](NC(=O)N(C)Cc1nc2ccccc2[nH]1)C(C)C)C(=O)NCc1ccccc1. The summed E-state index contributed by atoms with van der Waals surface area (Å²) in [6, 6.07) is 31.2. The maximum Gasteiger partial charge on any atom is 0.318 e. The van der Waals surface area contributed by atoms with Crippen molar-refractivity contribution >= 4 is 34.8 Å². The Hall–Kier alpha value is -6.05. The minimum atomic E-state index is -1.48. The maximum atomic E-state index is 14.3. The molecular weight excluding hydrogens is 733 g/mol. The first-order valence-electron chi connectivity index (χ1n) is 19.8. The van der Waals surface area contributed by atoms with E-state index >= 15 is 0 Å². The highest BCUT2D eigenvalue weighted by Crippen LogP contribution is 2.15. The Labute approximate surface area is 340 Å². The number of aromatic nitrogens is 2. The minimum Gasteiger partial charge on any atom is -0.389 e. The molecule has 306 valence electrons. The minimum absolute atomic E-state index is 0.167. The van der Waals surface area contributed by atoms with Crippen LogP contribution < -0.4 is 26.6 Å². The van der Waals surface area contributed by atoms with E-state index in [1.54, 1.807) is 7.05 Å². The Bertz CT molecular complexity index is 2040. The third-order valence-corrected chi connectivity index (χ3v) is 9.99. The molecule has 5 rings (SSSR count). The van der Waals surface area contributed by atoms with Crippen molar-refractivity contribution in [2.45, 2.75) is 84.0 Å². The number of nitrogens with one attached hydrogen (secondary N) is 6. The van der Waals surface area contributed by atoms with Crippen molar-refractivity contribution in [1.29, 1.82) is 0 Å². The van der Waals surface area contributed by atoms with Gasteiger partial charge in [-0.1, -0.05) is 131 Å². The lowest BCUT2D eigenvalue weighted by Crippen LogP contribution is -2.63. The quantitative estimate of drug-likeness (QED) is 0.0647. The van der Waals surface area contributed by atoms with Crippen LogP contribution in [0.2, 0.25) is 0 Å². The molecule has 0 aliphatic heterocycles. The summed E-state index contributed by atoms with van der Waals surface area (Å²) in [5, 5.41) is 27.1. The molecule has 1 heterocycles. The topological polar surface area (TPSA) is 181 Å². The standard InChI is InChI=1S/C45H56N8O5/c1-29(2)38(42(55)47-27-33-21-13-8-14-22-33)51-44(57)40(46-26-32-19-11-7-12-20-32)41(54)36(25-31-17-9-6-10-18-31)50-43(56)39(30(3)4)52-45(58)53(5)28-37-48-34-23-15-16-24-35(34)49-37/h6-24,29-30,36,38-41,46,54H,25-28H2,1-5H3,(H,47,55)(H,48,49)(H,50,56)(H,51,57)(H,52,58)/t36-,38-,39-,40+,41+/m0/s1. The second-order valence-electron chi connectivity index (χ2n) is 15.3. The van der Waals surface area contributed by atoms with Crippen LogP contribution in [0.5, 0.6) is 0 Å². The van der Waals surface area contributed by atoms with Gasteiger partial charge in [-0.3, -0.25) is 19.7 Å². The smallest absolute Gasteiger partial charge is 0.318 e. The van der Waals surface area contributed by atoms with Crippen molar-refractivity contribution in [3.8, 4) is 0 Å². The zero-order valence-corrected chi connectivity index (χ0v) is 33.8. The van der Waals surface area contributed by atoms with Crippen LogP contribution >= 0.6 is 0 Å². The molecule has 0 bridgehead atoms. The first kappa shape index (κ1) is 43.1. The van der Waals surface area contributed by atoms with Crippen molar-refractivity contribution in [3.05, 3.63) is 138 Å². The summed E-state index contributed by atoms with van der Waals surface area (Å²) in [5.41, 5.74) is 4.22. The molecule has 13 nitrogen and oxygen atoms in total. The van der Waals surface area contributed by atoms with E-state index in [4.69, 9.17) is 0 Å². The molecule has 0 radical (unpaired) electrons. The molecular formula is C45H56N8O5. The van der Waals surface area contributed by atoms with E-state index in [0.717, 1.165) is 27.7 Å². The van der Waals surface area contributed by atoms with E-state index in [1.165, 1.54) is 4.90 Å². The van der Waals surface area contributed by atoms with Gasteiger partial charge in [-0.2, -0.15) is 0 Å². The number of nitrogens with zero attached hydrogens (tertiary/aromatic N) is 2. The van der Waals surface area contributed by atoms with Gasteiger partial charge in [0.05, 0.1) is 29.7 Å². The first-order chi connectivity index (χ1) is 27.9.